The Bertz CT molecular complexity index is 1360. The number of rotatable bonds is 8. The third-order valence-electron chi connectivity index (χ3n) is 4.26. The van der Waals surface area contributed by atoms with E-state index in [4.69, 9.17) is 9.47 Å². The first-order chi connectivity index (χ1) is 15.1. The van der Waals surface area contributed by atoms with Gasteiger partial charge in [-0.05, 0) is 48.5 Å². The zero-order valence-electron chi connectivity index (χ0n) is 16.8. The molecule has 0 unspecified atom stereocenters. The molecule has 32 heavy (non-hydrogen) atoms. The molecule has 3 rings (SSSR count). The maximum Gasteiger partial charge on any atom is 0.265 e. The van der Waals surface area contributed by atoms with Crippen molar-refractivity contribution >= 4 is 31.4 Å². The molecule has 0 aromatic heterocycles. The number of nitrogens with one attached hydrogen (secondary N) is 2. The molecule has 0 atom stereocenters. The second kappa shape index (κ2) is 9.01. The number of anilines is 2. The fourth-order valence-corrected chi connectivity index (χ4v) is 5.00. The van der Waals surface area contributed by atoms with Gasteiger partial charge in [-0.25, -0.2) is 25.6 Å². The van der Waals surface area contributed by atoms with Gasteiger partial charge in [0.05, 0.1) is 30.5 Å². The Labute approximate surface area is 183 Å². The van der Waals surface area contributed by atoms with Crippen LogP contribution in [0.15, 0.2) is 70.5 Å². The van der Waals surface area contributed by atoms with E-state index in [1.165, 1.54) is 32.4 Å². The van der Waals surface area contributed by atoms with Crippen LogP contribution >= 0.6 is 0 Å². The molecule has 2 N–H and O–H groups in total. The first-order valence-electron chi connectivity index (χ1n) is 8.89. The van der Waals surface area contributed by atoms with Crippen LogP contribution in [0, 0.1) is 11.6 Å². The topological polar surface area (TPSA) is 111 Å². The van der Waals surface area contributed by atoms with Gasteiger partial charge >= 0.3 is 0 Å². The summed E-state index contributed by atoms with van der Waals surface area (Å²) in [4.78, 5) is -1.26. The summed E-state index contributed by atoms with van der Waals surface area (Å²) in [6, 6.07) is 11.6. The molecule has 0 spiro atoms. The van der Waals surface area contributed by atoms with Crippen LogP contribution in [0.25, 0.3) is 0 Å². The Balaban J connectivity index is 2.01. The van der Waals surface area contributed by atoms with E-state index in [0.29, 0.717) is 12.1 Å². The van der Waals surface area contributed by atoms with Crippen molar-refractivity contribution in [2.45, 2.75) is 9.79 Å². The van der Waals surface area contributed by atoms with Crippen LogP contribution in [0.2, 0.25) is 0 Å². The van der Waals surface area contributed by atoms with Crippen molar-refractivity contribution in [1.29, 1.82) is 0 Å². The molecule has 8 nitrogen and oxygen atoms in total. The SMILES string of the molecule is COc1ccccc1NS(=O)(=O)c1ccc(OC)c(NS(=O)(=O)c2cc(F)ccc2F)c1. The van der Waals surface area contributed by atoms with Crippen LogP contribution in [0.5, 0.6) is 11.5 Å². The quantitative estimate of drug-likeness (QED) is 0.506. The lowest BCUT2D eigenvalue weighted by Crippen LogP contribution is -2.17. The predicted molar refractivity (Wildman–Crippen MR) is 114 cm³/mol. The lowest BCUT2D eigenvalue weighted by Gasteiger charge is -2.15. The summed E-state index contributed by atoms with van der Waals surface area (Å²) in [5, 5.41) is 0. The fraction of sp³-hybridized carbons (Fsp3) is 0.100. The molecule has 0 amide bonds. The molecule has 3 aromatic rings. The van der Waals surface area contributed by atoms with Gasteiger partial charge in [-0.3, -0.25) is 9.44 Å². The van der Waals surface area contributed by atoms with Crippen LogP contribution < -0.4 is 18.9 Å². The Morgan fingerprint density at radius 1 is 0.719 bits per heavy atom. The minimum Gasteiger partial charge on any atom is -0.495 e. The monoisotopic (exact) mass is 484 g/mol. The summed E-state index contributed by atoms with van der Waals surface area (Å²) < 4.78 is 93.0. The van der Waals surface area contributed by atoms with E-state index in [1.54, 1.807) is 18.2 Å². The first-order valence-corrected chi connectivity index (χ1v) is 11.9. The van der Waals surface area contributed by atoms with Crippen molar-refractivity contribution < 1.29 is 35.1 Å². The van der Waals surface area contributed by atoms with E-state index < -0.39 is 36.6 Å². The van der Waals surface area contributed by atoms with Crippen LogP contribution in [0.4, 0.5) is 20.2 Å². The highest BCUT2D eigenvalue weighted by molar-refractivity contribution is 7.93. The summed E-state index contributed by atoms with van der Waals surface area (Å²) in [6.45, 7) is 0. The van der Waals surface area contributed by atoms with Gasteiger partial charge in [0.1, 0.15) is 28.0 Å². The minimum absolute atomic E-state index is 0.0402. The Hall–Kier alpha value is -3.38. The number of hydrogen-bond donors (Lipinski definition) is 2. The molecular weight excluding hydrogens is 466 g/mol. The standard InChI is InChI=1S/C20H18F2N2O6S2/c1-29-18-6-4-3-5-16(18)23-31(25,26)14-8-10-19(30-2)17(12-14)24-32(27,28)20-11-13(21)7-9-15(20)22/h3-12,23-24H,1-2H3. The molecule has 3 aromatic carbocycles. The fourth-order valence-electron chi connectivity index (χ4n) is 2.75. The van der Waals surface area contributed by atoms with E-state index >= 15 is 0 Å². The van der Waals surface area contributed by atoms with Gasteiger partial charge in [0.15, 0.2) is 0 Å². The highest BCUT2D eigenvalue weighted by atomic mass is 32.2. The molecule has 12 heteroatoms. The van der Waals surface area contributed by atoms with Gasteiger partial charge in [0, 0.05) is 0 Å². The predicted octanol–water partition coefficient (Wildman–Crippen LogP) is 3.58. The summed E-state index contributed by atoms with van der Waals surface area (Å²) in [5.74, 6) is -1.91. The van der Waals surface area contributed by atoms with Crippen molar-refractivity contribution in [3.8, 4) is 11.5 Å². The minimum atomic E-state index is -4.61. The Kier molecular flexibility index (Phi) is 6.55. The first kappa shape index (κ1) is 23.3. The number of halogens is 2. The van der Waals surface area contributed by atoms with Gasteiger partial charge in [-0.15, -0.1) is 0 Å². The zero-order valence-corrected chi connectivity index (χ0v) is 18.4. The molecule has 0 aliphatic rings. The van der Waals surface area contributed by atoms with Crippen molar-refractivity contribution in [1.82, 2.24) is 0 Å². The zero-order chi connectivity index (χ0) is 23.5. The van der Waals surface area contributed by atoms with E-state index in [1.807, 2.05) is 4.72 Å². The maximum absolute atomic E-state index is 14.0. The molecule has 0 saturated carbocycles. The maximum atomic E-state index is 14.0. The number of para-hydroxylation sites is 2. The second-order valence-corrected chi connectivity index (χ2v) is 9.68. The van der Waals surface area contributed by atoms with Crippen LogP contribution in [0.1, 0.15) is 0 Å². The smallest absolute Gasteiger partial charge is 0.265 e. The summed E-state index contributed by atoms with van der Waals surface area (Å²) in [7, 11) is -6.19. The molecule has 0 aliphatic heterocycles. The van der Waals surface area contributed by atoms with Crippen LogP contribution in [-0.4, -0.2) is 31.1 Å². The van der Waals surface area contributed by atoms with Crippen molar-refractivity contribution in [3.05, 3.63) is 72.3 Å². The van der Waals surface area contributed by atoms with E-state index in [2.05, 4.69) is 4.72 Å². The molecule has 0 bridgehead atoms. The molecule has 170 valence electrons. The second-order valence-electron chi connectivity index (χ2n) is 6.35. The average molecular weight is 485 g/mol. The largest absolute Gasteiger partial charge is 0.495 e. The lowest BCUT2D eigenvalue weighted by atomic mass is 10.3. The molecular formula is C20H18F2N2O6S2. The van der Waals surface area contributed by atoms with Crippen molar-refractivity contribution in [2.24, 2.45) is 0 Å². The normalized spacial score (nSPS) is 11.6. The molecule has 0 heterocycles. The number of ether oxygens (including phenoxy) is 2. The number of methoxy groups -OCH3 is 2. The van der Waals surface area contributed by atoms with Crippen molar-refractivity contribution in [2.75, 3.05) is 23.7 Å². The van der Waals surface area contributed by atoms with Crippen LogP contribution in [-0.2, 0) is 20.0 Å². The molecule has 0 fully saturated rings. The van der Waals surface area contributed by atoms with Gasteiger partial charge < -0.3 is 9.47 Å². The Morgan fingerprint density at radius 3 is 2.03 bits per heavy atom. The average Bonchev–Trinajstić information content (AvgIpc) is 2.75. The van der Waals surface area contributed by atoms with E-state index in [9.17, 15) is 25.6 Å². The van der Waals surface area contributed by atoms with E-state index in [-0.39, 0.29) is 27.8 Å². The third-order valence-corrected chi connectivity index (χ3v) is 7.00. The van der Waals surface area contributed by atoms with E-state index in [0.717, 1.165) is 12.1 Å². The number of benzene rings is 3. The number of sulfonamides is 2. The lowest BCUT2D eigenvalue weighted by molar-refractivity contribution is 0.416. The molecule has 0 saturated heterocycles. The highest BCUT2D eigenvalue weighted by Crippen LogP contribution is 2.32. The van der Waals surface area contributed by atoms with Gasteiger partial charge in [0.25, 0.3) is 20.0 Å². The van der Waals surface area contributed by atoms with Gasteiger partial charge in [0.2, 0.25) is 0 Å². The van der Waals surface area contributed by atoms with Crippen LogP contribution in [0.3, 0.4) is 0 Å². The third kappa shape index (κ3) is 4.92. The molecule has 0 radical (unpaired) electrons. The summed E-state index contributed by atoms with van der Waals surface area (Å²) in [6.07, 6.45) is 0. The van der Waals surface area contributed by atoms with Gasteiger partial charge in [-0.2, -0.15) is 0 Å². The summed E-state index contributed by atoms with van der Waals surface area (Å²) in [5.41, 5.74) is -0.131. The number of hydrogen-bond acceptors (Lipinski definition) is 6. The van der Waals surface area contributed by atoms with Crippen molar-refractivity contribution in [3.63, 3.8) is 0 Å². The highest BCUT2D eigenvalue weighted by Gasteiger charge is 2.24. The molecule has 0 aliphatic carbocycles. The van der Waals surface area contributed by atoms with Gasteiger partial charge in [-0.1, -0.05) is 12.1 Å². The summed E-state index contributed by atoms with van der Waals surface area (Å²) >= 11 is 0. The Morgan fingerprint density at radius 2 is 1.34 bits per heavy atom.